The van der Waals surface area contributed by atoms with Gasteiger partial charge in [0.1, 0.15) is 11.6 Å². The Kier molecular flexibility index (Phi) is 5.52. The highest BCUT2D eigenvalue weighted by Crippen LogP contribution is 2.26. The van der Waals surface area contributed by atoms with Crippen molar-refractivity contribution in [1.82, 2.24) is 15.2 Å². The lowest BCUT2D eigenvalue weighted by molar-refractivity contribution is -0.126. The number of nitrogens with one attached hydrogen (secondary N) is 1. The number of likely N-dealkylation sites (tertiary alicyclic amines) is 1. The molecule has 1 saturated heterocycles. The second kappa shape index (κ2) is 7.09. The minimum absolute atomic E-state index is 0.121. The zero-order valence-corrected chi connectivity index (χ0v) is 16.1. The summed E-state index contributed by atoms with van der Waals surface area (Å²) in [5.74, 6) is -0.128. The predicted molar refractivity (Wildman–Crippen MR) is 94.1 cm³/mol. The highest BCUT2D eigenvalue weighted by Gasteiger charge is 2.37. The number of hydrogen-bond acceptors (Lipinski definition) is 5. The van der Waals surface area contributed by atoms with Gasteiger partial charge in [-0.15, -0.1) is 11.3 Å². The molecule has 7 heteroatoms. The van der Waals surface area contributed by atoms with Gasteiger partial charge in [0.25, 0.3) is 0 Å². The first-order valence-electron chi connectivity index (χ1n) is 8.32. The number of nitrogens with zero attached hydrogens (tertiary/aromatic N) is 2. The Morgan fingerprint density at radius 3 is 2.58 bits per heavy atom. The summed E-state index contributed by atoms with van der Waals surface area (Å²) in [5.41, 5.74) is 0.381. The number of rotatable bonds is 3. The van der Waals surface area contributed by atoms with Gasteiger partial charge in [-0.1, -0.05) is 0 Å². The molecular formula is C17H27N3O3S. The van der Waals surface area contributed by atoms with Crippen LogP contribution in [0.4, 0.5) is 4.79 Å². The van der Waals surface area contributed by atoms with Crippen molar-refractivity contribution in [3.05, 3.63) is 15.6 Å². The minimum atomic E-state index is -0.564. The van der Waals surface area contributed by atoms with E-state index in [4.69, 9.17) is 4.74 Å². The molecule has 0 aliphatic carbocycles. The van der Waals surface area contributed by atoms with Gasteiger partial charge in [-0.05, 0) is 54.4 Å². The maximum atomic E-state index is 12.7. The molecule has 134 valence electrons. The van der Waals surface area contributed by atoms with Crippen LogP contribution in [-0.2, 0) is 9.53 Å². The molecule has 24 heavy (non-hydrogen) atoms. The van der Waals surface area contributed by atoms with Crippen LogP contribution in [0.5, 0.6) is 0 Å². The lowest BCUT2D eigenvalue weighted by atomic mass is 10.1. The van der Waals surface area contributed by atoms with Crippen molar-refractivity contribution in [1.29, 1.82) is 0 Å². The molecule has 2 unspecified atom stereocenters. The molecule has 0 saturated carbocycles. The summed E-state index contributed by atoms with van der Waals surface area (Å²) >= 11 is 1.59. The van der Waals surface area contributed by atoms with Crippen LogP contribution in [0.3, 0.4) is 0 Å². The molecule has 2 heterocycles. The summed E-state index contributed by atoms with van der Waals surface area (Å²) in [6.07, 6.45) is 1.06. The summed E-state index contributed by atoms with van der Waals surface area (Å²) in [5, 5.41) is 4.01. The number of ether oxygens (including phenoxy) is 1. The minimum Gasteiger partial charge on any atom is -0.444 e. The van der Waals surface area contributed by atoms with E-state index in [-0.39, 0.29) is 11.9 Å². The van der Waals surface area contributed by atoms with Crippen LogP contribution >= 0.6 is 11.3 Å². The first-order valence-corrected chi connectivity index (χ1v) is 9.14. The Bertz CT molecular complexity index is 621. The molecule has 0 spiro atoms. The standard InChI is InChI=1S/C17H27N3O3S/c1-10-14(24-12(3)18-10)11(2)19-15(21)13-8-7-9-20(13)16(22)23-17(4,5)6/h11,13H,7-9H2,1-6H3,(H,19,21). The fraction of sp³-hybridized carbons (Fsp3) is 0.706. The van der Waals surface area contributed by atoms with Crippen molar-refractivity contribution in [2.45, 2.75) is 72.1 Å². The van der Waals surface area contributed by atoms with E-state index in [0.717, 1.165) is 22.0 Å². The van der Waals surface area contributed by atoms with Crippen molar-refractivity contribution < 1.29 is 14.3 Å². The summed E-state index contributed by atoms with van der Waals surface area (Å²) in [6, 6.07) is -0.582. The van der Waals surface area contributed by atoms with Gasteiger partial charge in [-0.2, -0.15) is 0 Å². The molecule has 6 nitrogen and oxygen atoms in total. The summed E-state index contributed by atoms with van der Waals surface area (Å²) in [7, 11) is 0. The highest BCUT2D eigenvalue weighted by molar-refractivity contribution is 7.11. The van der Waals surface area contributed by atoms with E-state index in [0.29, 0.717) is 13.0 Å². The second-order valence-electron chi connectivity index (χ2n) is 7.24. The zero-order chi connectivity index (χ0) is 18.1. The molecule has 1 fully saturated rings. The summed E-state index contributed by atoms with van der Waals surface area (Å²) in [6.45, 7) is 11.9. The van der Waals surface area contributed by atoms with Gasteiger partial charge in [0.15, 0.2) is 0 Å². The molecule has 2 rings (SSSR count). The molecule has 1 aliphatic rings. The van der Waals surface area contributed by atoms with E-state index < -0.39 is 17.7 Å². The third kappa shape index (κ3) is 4.47. The van der Waals surface area contributed by atoms with Gasteiger partial charge in [0.2, 0.25) is 5.91 Å². The quantitative estimate of drug-likeness (QED) is 0.905. The van der Waals surface area contributed by atoms with Crippen LogP contribution in [-0.4, -0.2) is 40.1 Å². The van der Waals surface area contributed by atoms with E-state index in [1.54, 1.807) is 11.3 Å². The molecular weight excluding hydrogens is 326 g/mol. The maximum absolute atomic E-state index is 12.7. The Morgan fingerprint density at radius 2 is 2.04 bits per heavy atom. The second-order valence-corrected chi connectivity index (χ2v) is 8.48. The molecule has 1 aliphatic heterocycles. The Morgan fingerprint density at radius 1 is 1.38 bits per heavy atom. The number of amides is 2. The lowest BCUT2D eigenvalue weighted by Crippen LogP contribution is -2.48. The number of thiazole rings is 1. The Labute approximate surface area is 147 Å². The molecule has 0 radical (unpaired) electrons. The van der Waals surface area contributed by atoms with Crippen molar-refractivity contribution in [2.75, 3.05) is 6.54 Å². The Balaban J connectivity index is 2.03. The van der Waals surface area contributed by atoms with Gasteiger partial charge >= 0.3 is 6.09 Å². The highest BCUT2D eigenvalue weighted by atomic mass is 32.1. The SMILES string of the molecule is Cc1nc(C)c(C(C)NC(=O)C2CCCN2C(=O)OC(C)(C)C)s1. The third-order valence-electron chi connectivity index (χ3n) is 3.87. The number of carbonyl (C=O) groups excluding carboxylic acids is 2. The van der Waals surface area contributed by atoms with Crippen molar-refractivity contribution >= 4 is 23.3 Å². The Hall–Kier alpha value is -1.63. The fourth-order valence-corrected chi connectivity index (χ4v) is 3.83. The third-order valence-corrected chi connectivity index (χ3v) is 5.13. The average molecular weight is 353 g/mol. The molecule has 2 atom stereocenters. The van der Waals surface area contributed by atoms with Gasteiger partial charge in [0, 0.05) is 11.4 Å². The van der Waals surface area contributed by atoms with E-state index in [1.807, 2.05) is 41.5 Å². The smallest absolute Gasteiger partial charge is 0.410 e. The largest absolute Gasteiger partial charge is 0.444 e. The van der Waals surface area contributed by atoms with E-state index in [2.05, 4.69) is 10.3 Å². The van der Waals surface area contributed by atoms with Gasteiger partial charge < -0.3 is 10.1 Å². The molecule has 1 aromatic heterocycles. The first-order chi connectivity index (χ1) is 11.1. The molecule has 1 aromatic rings. The normalized spacial score (nSPS) is 19.2. The van der Waals surface area contributed by atoms with Crippen LogP contribution in [0, 0.1) is 13.8 Å². The van der Waals surface area contributed by atoms with E-state index in [9.17, 15) is 9.59 Å². The van der Waals surface area contributed by atoms with Crippen LogP contribution in [0.15, 0.2) is 0 Å². The molecule has 2 amide bonds. The zero-order valence-electron chi connectivity index (χ0n) is 15.3. The number of hydrogen-bond donors (Lipinski definition) is 1. The molecule has 0 bridgehead atoms. The van der Waals surface area contributed by atoms with Crippen molar-refractivity contribution in [3.8, 4) is 0 Å². The molecule has 1 N–H and O–H groups in total. The number of aromatic nitrogens is 1. The molecule has 0 aromatic carbocycles. The van der Waals surface area contributed by atoms with E-state index in [1.165, 1.54) is 4.90 Å². The van der Waals surface area contributed by atoms with Crippen molar-refractivity contribution in [3.63, 3.8) is 0 Å². The van der Waals surface area contributed by atoms with Gasteiger partial charge in [-0.25, -0.2) is 9.78 Å². The predicted octanol–water partition coefficient (Wildman–Crippen LogP) is 3.34. The maximum Gasteiger partial charge on any atom is 0.410 e. The average Bonchev–Trinajstić information content (AvgIpc) is 3.03. The number of carbonyl (C=O) groups is 2. The first kappa shape index (κ1) is 18.7. The van der Waals surface area contributed by atoms with Crippen LogP contribution in [0.1, 0.15) is 62.2 Å². The monoisotopic (exact) mass is 353 g/mol. The van der Waals surface area contributed by atoms with Gasteiger partial charge in [0.05, 0.1) is 16.7 Å². The van der Waals surface area contributed by atoms with Gasteiger partial charge in [-0.3, -0.25) is 9.69 Å². The van der Waals surface area contributed by atoms with Crippen molar-refractivity contribution in [2.24, 2.45) is 0 Å². The van der Waals surface area contributed by atoms with Crippen LogP contribution in [0.2, 0.25) is 0 Å². The summed E-state index contributed by atoms with van der Waals surface area (Å²) in [4.78, 5) is 32.0. The lowest BCUT2D eigenvalue weighted by Gasteiger charge is -2.28. The van der Waals surface area contributed by atoms with E-state index >= 15 is 0 Å². The number of aryl methyl sites for hydroxylation is 2. The summed E-state index contributed by atoms with van der Waals surface area (Å²) < 4.78 is 5.41. The van der Waals surface area contributed by atoms with Crippen LogP contribution in [0.25, 0.3) is 0 Å². The fourth-order valence-electron chi connectivity index (χ4n) is 2.90. The topological polar surface area (TPSA) is 71.5 Å². The van der Waals surface area contributed by atoms with Crippen LogP contribution < -0.4 is 5.32 Å².